The molecule has 2 heterocycles. The maximum Gasteiger partial charge on any atom is 0.225 e. The van der Waals surface area contributed by atoms with E-state index >= 15 is 0 Å². The SMILES string of the molecule is C#CCOc1ccc(C2CC(=O)Nc3c(-c4ccc(OC)cc4)csc32)cc1OCC. The number of nitrogens with one attached hydrogen (secondary N) is 1. The summed E-state index contributed by atoms with van der Waals surface area (Å²) in [5.41, 5.74) is 3.93. The van der Waals surface area contributed by atoms with Crippen molar-refractivity contribution in [3.63, 3.8) is 0 Å². The van der Waals surface area contributed by atoms with Crippen molar-refractivity contribution < 1.29 is 19.0 Å². The highest BCUT2D eigenvalue weighted by atomic mass is 32.1. The number of benzene rings is 2. The Morgan fingerprint density at radius 1 is 1.16 bits per heavy atom. The van der Waals surface area contributed by atoms with Crippen molar-refractivity contribution in [3.05, 3.63) is 58.3 Å². The van der Waals surface area contributed by atoms with Gasteiger partial charge in [0.25, 0.3) is 0 Å². The number of terminal acetylenes is 1. The van der Waals surface area contributed by atoms with Crippen molar-refractivity contribution in [2.75, 3.05) is 25.6 Å². The first-order chi connectivity index (χ1) is 15.1. The van der Waals surface area contributed by atoms with Crippen molar-refractivity contribution in [2.45, 2.75) is 19.3 Å². The minimum absolute atomic E-state index is 0.00344. The van der Waals surface area contributed by atoms with E-state index in [0.717, 1.165) is 33.0 Å². The highest BCUT2D eigenvalue weighted by Crippen LogP contribution is 2.47. The van der Waals surface area contributed by atoms with E-state index in [-0.39, 0.29) is 18.4 Å². The summed E-state index contributed by atoms with van der Waals surface area (Å²) in [6.07, 6.45) is 5.70. The minimum Gasteiger partial charge on any atom is -0.497 e. The zero-order valence-electron chi connectivity index (χ0n) is 17.4. The number of carbonyl (C=O) groups excluding carboxylic acids is 1. The molecule has 1 amide bonds. The molecule has 0 bridgehead atoms. The van der Waals surface area contributed by atoms with Crippen LogP contribution in [0, 0.1) is 12.3 Å². The van der Waals surface area contributed by atoms with Crippen LogP contribution in [0.5, 0.6) is 17.2 Å². The average Bonchev–Trinajstić information content (AvgIpc) is 3.21. The first-order valence-electron chi connectivity index (χ1n) is 10.0. The summed E-state index contributed by atoms with van der Waals surface area (Å²) in [6.45, 7) is 2.60. The molecule has 6 heteroatoms. The maximum absolute atomic E-state index is 12.6. The lowest BCUT2D eigenvalue weighted by Gasteiger charge is -2.24. The molecule has 4 rings (SSSR count). The summed E-state index contributed by atoms with van der Waals surface area (Å²) in [4.78, 5) is 13.7. The Balaban J connectivity index is 1.72. The second kappa shape index (κ2) is 9.15. The molecule has 1 aliphatic rings. The molecule has 0 spiro atoms. The molecule has 31 heavy (non-hydrogen) atoms. The zero-order chi connectivity index (χ0) is 21.8. The predicted molar refractivity (Wildman–Crippen MR) is 123 cm³/mol. The predicted octanol–water partition coefficient (Wildman–Crippen LogP) is 5.31. The number of methoxy groups -OCH3 is 1. The monoisotopic (exact) mass is 433 g/mol. The lowest BCUT2D eigenvalue weighted by molar-refractivity contribution is -0.116. The van der Waals surface area contributed by atoms with Gasteiger partial charge < -0.3 is 19.5 Å². The summed E-state index contributed by atoms with van der Waals surface area (Å²) in [5.74, 6) is 4.45. The van der Waals surface area contributed by atoms with E-state index in [2.05, 4.69) is 16.6 Å². The molecule has 1 atom stereocenters. The third-order valence-electron chi connectivity index (χ3n) is 5.17. The molecule has 1 aliphatic heterocycles. The fourth-order valence-corrected chi connectivity index (χ4v) is 4.89. The van der Waals surface area contributed by atoms with Crippen LogP contribution in [0.1, 0.15) is 29.7 Å². The molecule has 0 saturated carbocycles. The number of ether oxygens (including phenoxy) is 3. The molecule has 3 aromatic rings. The van der Waals surface area contributed by atoms with Gasteiger partial charge in [-0.2, -0.15) is 0 Å². The van der Waals surface area contributed by atoms with Crippen LogP contribution in [0.2, 0.25) is 0 Å². The number of thiophene rings is 1. The van der Waals surface area contributed by atoms with E-state index in [1.54, 1.807) is 18.4 Å². The smallest absolute Gasteiger partial charge is 0.225 e. The van der Waals surface area contributed by atoms with Gasteiger partial charge >= 0.3 is 0 Å². The van der Waals surface area contributed by atoms with E-state index in [4.69, 9.17) is 20.6 Å². The Kier molecular flexibility index (Phi) is 6.15. The fourth-order valence-electron chi connectivity index (χ4n) is 3.73. The Bertz CT molecular complexity index is 1130. The van der Waals surface area contributed by atoms with Crippen LogP contribution in [-0.2, 0) is 4.79 Å². The van der Waals surface area contributed by atoms with Crippen molar-refractivity contribution >= 4 is 22.9 Å². The topological polar surface area (TPSA) is 56.8 Å². The lowest BCUT2D eigenvalue weighted by atomic mass is 9.89. The van der Waals surface area contributed by atoms with E-state index in [0.29, 0.717) is 24.5 Å². The number of amides is 1. The molecule has 0 radical (unpaired) electrons. The number of anilines is 1. The molecule has 1 aromatic heterocycles. The summed E-state index contributed by atoms with van der Waals surface area (Å²) < 4.78 is 16.6. The first-order valence-corrected chi connectivity index (χ1v) is 10.9. The normalized spacial score (nSPS) is 14.9. The fraction of sp³-hybridized carbons (Fsp3) is 0.240. The molecule has 2 aromatic carbocycles. The van der Waals surface area contributed by atoms with Gasteiger partial charge in [0.1, 0.15) is 12.4 Å². The zero-order valence-corrected chi connectivity index (χ0v) is 18.3. The van der Waals surface area contributed by atoms with Crippen molar-refractivity contribution in [2.24, 2.45) is 0 Å². The Labute approximate surface area is 186 Å². The summed E-state index contributed by atoms with van der Waals surface area (Å²) in [6, 6.07) is 13.6. The number of fused-ring (bicyclic) bond motifs is 1. The third-order valence-corrected chi connectivity index (χ3v) is 6.27. The van der Waals surface area contributed by atoms with Gasteiger partial charge in [0.15, 0.2) is 11.5 Å². The molecular weight excluding hydrogens is 410 g/mol. The van der Waals surface area contributed by atoms with Gasteiger partial charge in [-0.15, -0.1) is 17.8 Å². The number of rotatable bonds is 7. The van der Waals surface area contributed by atoms with Crippen LogP contribution < -0.4 is 19.5 Å². The van der Waals surface area contributed by atoms with Crippen molar-refractivity contribution in [1.82, 2.24) is 0 Å². The molecule has 1 N–H and O–H groups in total. The molecule has 158 valence electrons. The van der Waals surface area contributed by atoms with E-state index in [1.165, 1.54) is 0 Å². The van der Waals surface area contributed by atoms with Gasteiger partial charge in [0.2, 0.25) is 5.91 Å². The molecular formula is C25H23NO4S. The van der Waals surface area contributed by atoms with Crippen LogP contribution in [0.3, 0.4) is 0 Å². The molecule has 0 fully saturated rings. The number of carbonyl (C=O) groups is 1. The van der Waals surface area contributed by atoms with Gasteiger partial charge in [0, 0.05) is 28.2 Å². The summed E-state index contributed by atoms with van der Waals surface area (Å²) in [5, 5.41) is 5.17. The molecule has 1 unspecified atom stereocenters. The van der Waals surface area contributed by atoms with Gasteiger partial charge in [0.05, 0.1) is 19.4 Å². The highest BCUT2D eigenvalue weighted by molar-refractivity contribution is 7.11. The van der Waals surface area contributed by atoms with Gasteiger partial charge in [-0.3, -0.25) is 4.79 Å². The molecule has 5 nitrogen and oxygen atoms in total. The second-order valence-corrected chi connectivity index (χ2v) is 7.97. The van der Waals surface area contributed by atoms with E-state index in [9.17, 15) is 4.79 Å². The summed E-state index contributed by atoms with van der Waals surface area (Å²) in [7, 11) is 1.64. The van der Waals surface area contributed by atoms with Crippen molar-refractivity contribution in [3.8, 4) is 40.7 Å². The second-order valence-electron chi connectivity index (χ2n) is 7.05. The highest BCUT2D eigenvalue weighted by Gasteiger charge is 2.31. The van der Waals surface area contributed by atoms with Gasteiger partial charge in [-0.1, -0.05) is 24.1 Å². The Morgan fingerprint density at radius 2 is 1.97 bits per heavy atom. The van der Waals surface area contributed by atoms with E-state index in [1.807, 2.05) is 49.4 Å². The Hall–Kier alpha value is -3.43. The van der Waals surface area contributed by atoms with E-state index < -0.39 is 0 Å². The van der Waals surface area contributed by atoms with Crippen LogP contribution in [-0.4, -0.2) is 26.2 Å². The number of hydrogen-bond acceptors (Lipinski definition) is 5. The van der Waals surface area contributed by atoms with Gasteiger partial charge in [-0.05, 0) is 42.3 Å². The van der Waals surface area contributed by atoms with Crippen molar-refractivity contribution in [1.29, 1.82) is 0 Å². The standard InChI is InChI=1S/C25H23NO4S/c1-4-12-30-21-11-8-17(13-22(21)29-5-2)19-14-23(27)26-24-20(15-31-25(19)24)16-6-9-18(28-3)10-7-16/h1,6-11,13,15,19H,5,12,14H2,2-3H3,(H,26,27). The third kappa shape index (κ3) is 4.23. The average molecular weight is 434 g/mol. The van der Waals surface area contributed by atoms with Crippen LogP contribution in [0.25, 0.3) is 11.1 Å². The molecule has 0 saturated heterocycles. The Morgan fingerprint density at radius 3 is 2.68 bits per heavy atom. The maximum atomic E-state index is 12.6. The largest absolute Gasteiger partial charge is 0.497 e. The van der Waals surface area contributed by atoms with Crippen LogP contribution in [0.15, 0.2) is 47.8 Å². The number of hydrogen-bond donors (Lipinski definition) is 1. The van der Waals surface area contributed by atoms with Gasteiger partial charge in [-0.25, -0.2) is 0 Å². The molecule has 0 aliphatic carbocycles. The first kappa shape index (κ1) is 20.8. The minimum atomic E-state index is -0.0540. The summed E-state index contributed by atoms with van der Waals surface area (Å²) >= 11 is 1.65. The van der Waals surface area contributed by atoms with Crippen LogP contribution in [0.4, 0.5) is 5.69 Å². The lowest BCUT2D eigenvalue weighted by Crippen LogP contribution is -2.22. The van der Waals surface area contributed by atoms with Crippen LogP contribution >= 0.6 is 11.3 Å². The quantitative estimate of drug-likeness (QED) is 0.513.